The van der Waals surface area contributed by atoms with Crippen LogP contribution in [0.15, 0.2) is 47.5 Å². The number of rotatable bonds is 4. The van der Waals surface area contributed by atoms with Crippen LogP contribution in [0.1, 0.15) is 10.4 Å². The highest BCUT2D eigenvalue weighted by Gasteiger charge is 2.31. The van der Waals surface area contributed by atoms with E-state index in [1.807, 2.05) is 17.0 Å². The zero-order chi connectivity index (χ0) is 18.0. The number of carboxylic acids is 1. The Kier molecular flexibility index (Phi) is 4.69. The minimum absolute atomic E-state index is 0.162. The van der Waals surface area contributed by atoms with Crippen LogP contribution in [0.2, 0.25) is 0 Å². The largest absolute Gasteiger partial charge is 0.478 e. The van der Waals surface area contributed by atoms with Crippen LogP contribution in [0.4, 0.5) is 10.2 Å². The third-order valence-corrected chi connectivity index (χ3v) is 5.92. The molecule has 0 bridgehead atoms. The van der Waals surface area contributed by atoms with E-state index >= 15 is 0 Å². The quantitative estimate of drug-likeness (QED) is 0.881. The monoisotopic (exact) mass is 365 g/mol. The molecule has 0 radical (unpaired) electrons. The van der Waals surface area contributed by atoms with Crippen LogP contribution in [0, 0.1) is 5.82 Å². The first-order chi connectivity index (χ1) is 11.9. The highest BCUT2D eigenvalue weighted by Crippen LogP contribution is 2.23. The van der Waals surface area contributed by atoms with Crippen molar-refractivity contribution in [2.24, 2.45) is 0 Å². The molecule has 7 nitrogen and oxygen atoms in total. The van der Waals surface area contributed by atoms with Crippen molar-refractivity contribution in [3.8, 4) is 0 Å². The lowest BCUT2D eigenvalue weighted by Gasteiger charge is -2.34. The van der Waals surface area contributed by atoms with E-state index in [1.165, 1.54) is 0 Å². The molecule has 0 aliphatic carbocycles. The van der Waals surface area contributed by atoms with Gasteiger partial charge in [0, 0.05) is 32.4 Å². The van der Waals surface area contributed by atoms with Crippen LogP contribution in [0.3, 0.4) is 0 Å². The number of hydrogen-bond donors (Lipinski definition) is 1. The van der Waals surface area contributed by atoms with Crippen molar-refractivity contribution in [1.82, 2.24) is 9.29 Å². The summed E-state index contributed by atoms with van der Waals surface area (Å²) in [6.45, 7) is 1.15. The number of aromatic nitrogens is 1. The number of aromatic carboxylic acids is 1. The summed E-state index contributed by atoms with van der Waals surface area (Å²) in [5, 5.41) is 8.99. The maximum Gasteiger partial charge on any atom is 0.335 e. The number of halogens is 1. The molecule has 2 aromatic rings. The predicted molar refractivity (Wildman–Crippen MR) is 88.6 cm³/mol. The van der Waals surface area contributed by atoms with Gasteiger partial charge >= 0.3 is 5.97 Å². The lowest BCUT2D eigenvalue weighted by Crippen LogP contribution is -2.49. The van der Waals surface area contributed by atoms with Crippen molar-refractivity contribution < 1.29 is 22.7 Å². The van der Waals surface area contributed by atoms with Gasteiger partial charge in [-0.3, -0.25) is 0 Å². The summed E-state index contributed by atoms with van der Waals surface area (Å²) < 4.78 is 40.5. The van der Waals surface area contributed by atoms with Gasteiger partial charge in [0.15, 0.2) is 0 Å². The molecule has 0 amide bonds. The molecule has 0 atom stereocenters. The SMILES string of the molecule is O=C(O)c1ccc(F)c(S(=O)(=O)N2CCN(c3ccccn3)CC2)c1. The van der Waals surface area contributed by atoms with Crippen molar-refractivity contribution in [2.75, 3.05) is 31.1 Å². The summed E-state index contributed by atoms with van der Waals surface area (Å²) in [6, 6.07) is 8.23. The fraction of sp³-hybridized carbons (Fsp3) is 0.250. The van der Waals surface area contributed by atoms with Gasteiger partial charge < -0.3 is 10.0 Å². The van der Waals surface area contributed by atoms with E-state index in [9.17, 15) is 17.6 Å². The van der Waals surface area contributed by atoms with E-state index in [0.717, 1.165) is 28.3 Å². The standard InChI is InChI=1S/C16H16FN3O4S/c17-13-5-4-12(16(21)22)11-14(13)25(23,24)20-9-7-19(8-10-20)15-3-1-2-6-18-15/h1-6,11H,7-10H2,(H,21,22). The fourth-order valence-electron chi connectivity index (χ4n) is 2.67. The summed E-state index contributed by atoms with van der Waals surface area (Å²) >= 11 is 0. The van der Waals surface area contributed by atoms with E-state index in [-0.39, 0.29) is 18.7 Å². The molecule has 1 aliphatic heterocycles. The average Bonchev–Trinajstić information content (AvgIpc) is 2.62. The summed E-state index contributed by atoms with van der Waals surface area (Å²) in [6.07, 6.45) is 1.66. The van der Waals surface area contributed by atoms with Gasteiger partial charge in [-0.1, -0.05) is 6.07 Å². The first kappa shape index (κ1) is 17.3. The molecule has 0 unspecified atom stereocenters. The second-order valence-electron chi connectivity index (χ2n) is 5.53. The maximum absolute atomic E-state index is 14.0. The first-order valence-electron chi connectivity index (χ1n) is 7.58. The second kappa shape index (κ2) is 6.77. The number of hydrogen-bond acceptors (Lipinski definition) is 5. The molecule has 1 aromatic carbocycles. The smallest absolute Gasteiger partial charge is 0.335 e. The van der Waals surface area contributed by atoms with Gasteiger partial charge in [-0.2, -0.15) is 4.31 Å². The van der Waals surface area contributed by atoms with Crippen LogP contribution in [-0.4, -0.2) is 55.0 Å². The van der Waals surface area contributed by atoms with E-state index in [4.69, 9.17) is 5.11 Å². The Bertz CT molecular complexity index is 882. The van der Waals surface area contributed by atoms with Crippen LogP contribution in [0.5, 0.6) is 0 Å². The van der Waals surface area contributed by atoms with Gasteiger partial charge in [0.1, 0.15) is 16.5 Å². The van der Waals surface area contributed by atoms with Crippen molar-refractivity contribution in [2.45, 2.75) is 4.90 Å². The van der Waals surface area contributed by atoms with Gasteiger partial charge in [0.2, 0.25) is 10.0 Å². The fourth-order valence-corrected chi connectivity index (χ4v) is 4.18. The summed E-state index contributed by atoms with van der Waals surface area (Å²) in [5.74, 6) is -1.52. The topological polar surface area (TPSA) is 90.8 Å². The number of sulfonamides is 1. The predicted octanol–water partition coefficient (Wildman–Crippen LogP) is 1.43. The minimum atomic E-state index is -4.11. The van der Waals surface area contributed by atoms with Crippen LogP contribution in [0.25, 0.3) is 0 Å². The number of carboxylic acid groups (broad SMARTS) is 1. The molecular weight excluding hydrogens is 349 g/mol. The number of benzene rings is 1. The Hall–Kier alpha value is -2.52. The first-order valence-corrected chi connectivity index (χ1v) is 9.02. The van der Waals surface area contributed by atoms with Crippen molar-refractivity contribution in [1.29, 1.82) is 0 Å². The second-order valence-corrected chi connectivity index (χ2v) is 7.44. The highest BCUT2D eigenvalue weighted by molar-refractivity contribution is 7.89. The summed E-state index contributed by atoms with van der Waals surface area (Å²) in [4.78, 5) is 16.6. The summed E-state index contributed by atoms with van der Waals surface area (Å²) in [5.41, 5.74) is -0.271. The molecule has 2 heterocycles. The molecule has 25 heavy (non-hydrogen) atoms. The molecular formula is C16H16FN3O4S. The van der Waals surface area contributed by atoms with E-state index in [0.29, 0.717) is 13.1 Å². The van der Waals surface area contributed by atoms with E-state index in [2.05, 4.69) is 4.98 Å². The Morgan fingerprint density at radius 3 is 2.44 bits per heavy atom. The lowest BCUT2D eigenvalue weighted by atomic mass is 10.2. The third-order valence-electron chi connectivity index (χ3n) is 4.01. The third kappa shape index (κ3) is 3.47. The number of nitrogens with zero attached hydrogens (tertiary/aromatic N) is 3. The van der Waals surface area contributed by atoms with Gasteiger partial charge in [-0.25, -0.2) is 22.6 Å². The van der Waals surface area contributed by atoms with Gasteiger partial charge in [-0.05, 0) is 30.3 Å². The van der Waals surface area contributed by atoms with Gasteiger partial charge in [-0.15, -0.1) is 0 Å². The van der Waals surface area contributed by atoms with Gasteiger partial charge in [0.05, 0.1) is 5.56 Å². The van der Waals surface area contributed by atoms with Crippen molar-refractivity contribution in [3.05, 3.63) is 54.0 Å². The number of anilines is 1. The molecule has 1 N–H and O–H groups in total. The molecule has 1 aliphatic rings. The molecule has 132 valence electrons. The van der Waals surface area contributed by atoms with Crippen molar-refractivity contribution in [3.63, 3.8) is 0 Å². The maximum atomic E-state index is 14.0. The molecule has 3 rings (SSSR count). The molecule has 0 saturated carbocycles. The Balaban J connectivity index is 1.81. The summed E-state index contributed by atoms with van der Waals surface area (Å²) in [7, 11) is -4.11. The van der Waals surface area contributed by atoms with Crippen LogP contribution >= 0.6 is 0 Å². The Labute approximate surface area is 144 Å². The lowest BCUT2D eigenvalue weighted by molar-refractivity contribution is 0.0696. The normalized spacial score (nSPS) is 16.0. The molecule has 0 spiro atoms. The zero-order valence-electron chi connectivity index (χ0n) is 13.2. The van der Waals surface area contributed by atoms with Crippen LogP contribution in [-0.2, 0) is 10.0 Å². The average molecular weight is 365 g/mol. The zero-order valence-corrected chi connectivity index (χ0v) is 14.0. The van der Waals surface area contributed by atoms with E-state index < -0.39 is 26.7 Å². The number of pyridine rings is 1. The van der Waals surface area contributed by atoms with Crippen molar-refractivity contribution >= 4 is 21.8 Å². The highest BCUT2D eigenvalue weighted by atomic mass is 32.2. The Morgan fingerprint density at radius 1 is 1.12 bits per heavy atom. The molecule has 1 fully saturated rings. The number of piperazine rings is 1. The minimum Gasteiger partial charge on any atom is -0.478 e. The number of carbonyl (C=O) groups is 1. The molecule has 1 saturated heterocycles. The van der Waals surface area contributed by atoms with E-state index in [1.54, 1.807) is 12.3 Å². The van der Waals surface area contributed by atoms with Crippen LogP contribution < -0.4 is 4.90 Å². The molecule has 1 aromatic heterocycles. The Morgan fingerprint density at radius 2 is 1.84 bits per heavy atom. The molecule has 9 heteroatoms. The van der Waals surface area contributed by atoms with Gasteiger partial charge in [0.25, 0.3) is 0 Å².